The highest BCUT2D eigenvalue weighted by Gasteiger charge is 2.17. The van der Waals surface area contributed by atoms with Crippen LogP contribution in [0.15, 0.2) is 59.8 Å². The van der Waals surface area contributed by atoms with E-state index in [2.05, 4.69) is 15.5 Å². The van der Waals surface area contributed by atoms with Crippen molar-refractivity contribution in [3.05, 3.63) is 75.9 Å². The molecule has 1 N–H and O–H groups in total. The van der Waals surface area contributed by atoms with Gasteiger partial charge in [0.1, 0.15) is 23.2 Å². The molecule has 0 fully saturated rings. The fraction of sp³-hybridized carbons (Fsp3) is 0.100. The lowest BCUT2D eigenvalue weighted by Crippen LogP contribution is -2.33. The predicted molar refractivity (Wildman–Crippen MR) is 111 cm³/mol. The second-order valence-electron chi connectivity index (χ2n) is 6.20. The van der Waals surface area contributed by atoms with E-state index in [-0.39, 0.29) is 10.9 Å². The molecule has 1 amide bonds. The van der Waals surface area contributed by atoms with E-state index < -0.39 is 11.5 Å². The number of halogens is 1. The molecule has 4 rings (SSSR count). The number of rotatable bonds is 5. The van der Waals surface area contributed by atoms with E-state index in [0.717, 1.165) is 4.68 Å². The van der Waals surface area contributed by atoms with Gasteiger partial charge in [0, 0.05) is 11.1 Å². The normalized spacial score (nSPS) is 10.8. The van der Waals surface area contributed by atoms with E-state index in [1.807, 2.05) is 0 Å². The fourth-order valence-electron chi connectivity index (χ4n) is 2.94. The summed E-state index contributed by atoms with van der Waals surface area (Å²) in [5, 5.41) is 5.00. The number of carbonyl (C=O) groups excluding carboxylic acids is 1. The molecule has 0 radical (unpaired) electrons. The van der Waals surface area contributed by atoms with Crippen LogP contribution in [0.1, 0.15) is 10.4 Å². The molecule has 0 saturated heterocycles. The molecule has 2 aromatic heterocycles. The highest BCUT2D eigenvalue weighted by molar-refractivity contribution is 6.30. The first-order valence-electron chi connectivity index (χ1n) is 8.76. The third kappa shape index (κ3) is 3.46. The van der Waals surface area contributed by atoms with Gasteiger partial charge in [-0.2, -0.15) is 5.10 Å². The number of fused-ring (bicyclic) bond motifs is 1. The molecule has 0 aliphatic carbocycles. The SMILES string of the molecule is COc1ccc(C(=O)Nn2cnc3c(cnn3-c3cccc(Cl)c3)c2=O)c(OC)c1. The zero-order valence-corrected chi connectivity index (χ0v) is 16.8. The average Bonchev–Trinajstić information content (AvgIpc) is 3.20. The summed E-state index contributed by atoms with van der Waals surface area (Å²) in [7, 11) is 2.95. The monoisotopic (exact) mass is 425 g/mol. The zero-order valence-electron chi connectivity index (χ0n) is 16.0. The Kier molecular flexibility index (Phi) is 5.11. The molecule has 10 heteroatoms. The Balaban J connectivity index is 1.69. The first kappa shape index (κ1) is 19.5. The van der Waals surface area contributed by atoms with Gasteiger partial charge in [0.15, 0.2) is 5.65 Å². The van der Waals surface area contributed by atoms with Crippen molar-refractivity contribution in [2.75, 3.05) is 19.6 Å². The van der Waals surface area contributed by atoms with Crippen molar-refractivity contribution in [3.63, 3.8) is 0 Å². The van der Waals surface area contributed by atoms with Crippen LogP contribution in [0.25, 0.3) is 16.7 Å². The highest BCUT2D eigenvalue weighted by Crippen LogP contribution is 2.24. The van der Waals surface area contributed by atoms with Crippen molar-refractivity contribution in [1.29, 1.82) is 0 Å². The minimum Gasteiger partial charge on any atom is -0.497 e. The van der Waals surface area contributed by atoms with Crippen LogP contribution in [0.5, 0.6) is 11.5 Å². The molecule has 4 aromatic rings. The predicted octanol–water partition coefficient (Wildman–Crippen LogP) is 2.64. The van der Waals surface area contributed by atoms with E-state index in [1.54, 1.807) is 42.5 Å². The van der Waals surface area contributed by atoms with E-state index in [0.29, 0.717) is 27.9 Å². The summed E-state index contributed by atoms with van der Waals surface area (Å²) in [5.74, 6) is 0.305. The van der Waals surface area contributed by atoms with E-state index >= 15 is 0 Å². The fourth-order valence-corrected chi connectivity index (χ4v) is 3.13. The second-order valence-corrected chi connectivity index (χ2v) is 6.64. The lowest BCUT2D eigenvalue weighted by molar-refractivity contribution is 0.100. The minimum absolute atomic E-state index is 0.236. The van der Waals surface area contributed by atoms with Crippen LogP contribution in [0.4, 0.5) is 0 Å². The summed E-state index contributed by atoms with van der Waals surface area (Å²) in [6, 6.07) is 11.8. The van der Waals surface area contributed by atoms with Gasteiger partial charge in [-0.1, -0.05) is 17.7 Å². The molecule has 0 bridgehead atoms. The van der Waals surface area contributed by atoms with Gasteiger partial charge in [-0.15, -0.1) is 0 Å². The maximum absolute atomic E-state index is 12.8. The molecule has 152 valence electrons. The Labute approximate surface area is 175 Å². The Morgan fingerprint density at radius 2 is 1.97 bits per heavy atom. The Bertz CT molecular complexity index is 1310. The van der Waals surface area contributed by atoms with E-state index in [1.165, 1.54) is 31.4 Å². The molecule has 0 atom stereocenters. The molecule has 2 aromatic carbocycles. The largest absolute Gasteiger partial charge is 0.497 e. The number of nitrogens with zero attached hydrogens (tertiary/aromatic N) is 4. The number of nitrogens with one attached hydrogen (secondary N) is 1. The molecule has 0 aliphatic heterocycles. The van der Waals surface area contributed by atoms with E-state index in [9.17, 15) is 9.59 Å². The molecule has 30 heavy (non-hydrogen) atoms. The van der Waals surface area contributed by atoms with Crippen LogP contribution >= 0.6 is 11.6 Å². The van der Waals surface area contributed by atoms with Crippen LogP contribution < -0.4 is 20.5 Å². The minimum atomic E-state index is -0.542. The molecule has 0 spiro atoms. The quantitative estimate of drug-likeness (QED) is 0.527. The average molecular weight is 426 g/mol. The summed E-state index contributed by atoms with van der Waals surface area (Å²) in [6.07, 6.45) is 2.61. The third-order valence-corrected chi connectivity index (χ3v) is 4.65. The van der Waals surface area contributed by atoms with Gasteiger partial charge in [-0.25, -0.2) is 14.3 Å². The molecule has 0 saturated carbocycles. The Morgan fingerprint density at radius 1 is 1.13 bits per heavy atom. The Hall–Kier alpha value is -3.85. The molecule has 2 heterocycles. The summed E-state index contributed by atoms with van der Waals surface area (Å²) in [5.41, 5.74) is 3.27. The van der Waals surface area contributed by atoms with Crippen molar-refractivity contribution in [2.45, 2.75) is 0 Å². The number of ether oxygens (including phenoxy) is 2. The van der Waals surface area contributed by atoms with Crippen molar-refractivity contribution < 1.29 is 14.3 Å². The van der Waals surface area contributed by atoms with Crippen LogP contribution in [0, 0.1) is 0 Å². The number of carbonyl (C=O) groups is 1. The van der Waals surface area contributed by atoms with Gasteiger partial charge in [0.05, 0.1) is 31.7 Å². The highest BCUT2D eigenvalue weighted by atomic mass is 35.5. The van der Waals surface area contributed by atoms with Gasteiger partial charge in [-0.3, -0.25) is 15.0 Å². The van der Waals surface area contributed by atoms with Gasteiger partial charge in [-0.05, 0) is 30.3 Å². The zero-order chi connectivity index (χ0) is 21.3. The summed E-state index contributed by atoms with van der Waals surface area (Å²) < 4.78 is 12.9. The van der Waals surface area contributed by atoms with Crippen molar-refractivity contribution >= 4 is 28.5 Å². The number of aromatic nitrogens is 4. The number of benzene rings is 2. The maximum Gasteiger partial charge on any atom is 0.283 e. The lowest BCUT2D eigenvalue weighted by Gasteiger charge is -2.12. The molecule has 9 nitrogen and oxygen atoms in total. The van der Waals surface area contributed by atoms with Crippen LogP contribution in [-0.2, 0) is 0 Å². The maximum atomic E-state index is 12.8. The number of methoxy groups -OCH3 is 2. The number of hydrogen-bond donors (Lipinski definition) is 1. The van der Waals surface area contributed by atoms with Gasteiger partial charge in [0.2, 0.25) is 0 Å². The third-order valence-electron chi connectivity index (χ3n) is 4.42. The van der Waals surface area contributed by atoms with Crippen LogP contribution in [0.2, 0.25) is 5.02 Å². The number of hydrogen-bond acceptors (Lipinski definition) is 6. The second kappa shape index (κ2) is 7.88. The lowest BCUT2D eigenvalue weighted by atomic mass is 10.2. The van der Waals surface area contributed by atoms with E-state index in [4.69, 9.17) is 21.1 Å². The molecule has 0 aliphatic rings. The summed E-state index contributed by atoms with van der Waals surface area (Å²) in [4.78, 5) is 29.8. The van der Waals surface area contributed by atoms with Crippen molar-refractivity contribution in [1.82, 2.24) is 19.4 Å². The smallest absolute Gasteiger partial charge is 0.283 e. The standard InChI is InChI=1S/C20H16ClN5O4/c1-29-14-6-7-15(17(9-14)30-2)19(27)24-25-11-22-18-16(20(25)28)10-23-26(18)13-5-3-4-12(21)8-13/h3-11H,1-2H3,(H,24,27). The van der Waals surface area contributed by atoms with Crippen LogP contribution in [0.3, 0.4) is 0 Å². The van der Waals surface area contributed by atoms with Crippen LogP contribution in [-0.4, -0.2) is 39.6 Å². The molecule has 0 unspecified atom stereocenters. The number of amides is 1. The first-order valence-corrected chi connectivity index (χ1v) is 9.14. The molecular weight excluding hydrogens is 410 g/mol. The van der Waals surface area contributed by atoms with Gasteiger partial charge >= 0.3 is 0 Å². The summed E-state index contributed by atoms with van der Waals surface area (Å²) >= 11 is 6.04. The van der Waals surface area contributed by atoms with Gasteiger partial charge in [0.25, 0.3) is 11.5 Å². The van der Waals surface area contributed by atoms with Crippen molar-refractivity contribution in [2.24, 2.45) is 0 Å². The first-order chi connectivity index (χ1) is 14.5. The van der Waals surface area contributed by atoms with Gasteiger partial charge < -0.3 is 9.47 Å². The summed E-state index contributed by atoms with van der Waals surface area (Å²) in [6.45, 7) is 0. The van der Waals surface area contributed by atoms with Crippen molar-refractivity contribution in [3.8, 4) is 17.2 Å². The Morgan fingerprint density at radius 3 is 2.70 bits per heavy atom. The topological polar surface area (TPSA) is 100 Å². The molecular formula is C20H16ClN5O4.